The minimum absolute atomic E-state index is 0.151. The van der Waals surface area contributed by atoms with E-state index in [1.807, 2.05) is 48.5 Å². The van der Waals surface area contributed by atoms with E-state index in [2.05, 4.69) is 25.3 Å². The Balaban J connectivity index is 1.76. The lowest BCUT2D eigenvalue weighted by molar-refractivity contribution is 1.08. The number of halogens is 1. The number of anilines is 3. The van der Waals surface area contributed by atoms with Gasteiger partial charge in [0.05, 0.1) is 11.2 Å². The number of hydrogen-bond acceptors (Lipinski definition) is 6. The summed E-state index contributed by atoms with van der Waals surface area (Å²) in [6.07, 6.45) is 1.70. The monoisotopic (exact) mass is 348 g/mol. The van der Waals surface area contributed by atoms with Gasteiger partial charge in [-0.3, -0.25) is 4.98 Å². The minimum atomic E-state index is 0.151. The first-order valence-corrected chi connectivity index (χ1v) is 7.95. The van der Waals surface area contributed by atoms with Crippen LogP contribution in [-0.4, -0.2) is 19.9 Å². The zero-order valence-corrected chi connectivity index (χ0v) is 13.8. The summed E-state index contributed by atoms with van der Waals surface area (Å²) in [5.74, 6) is 1.03. The van der Waals surface area contributed by atoms with Gasteiger partial charge in [0.1, 0.15) is 0 Å². The van der Waals surface area contributed by atoms with E-state index in [9.17, 15) is 0 Å². The maximum absolute atomic E-state index is 6.03. The zero-order chi connectivity index (χ0) is 17.2. The van der Waals surface area contributed by atoms with E-state index in [1.165, 1.54) is 0 Å². The van der Waals surface area contributed by atoms with Crippen molar-refractivity contribution in [3.8, 4) is 11.4 Å². The molecule has 0 atom stereocenters. The summed E-state index contributed by atoms with van der Waals surface area (Å²) in [5.41, 5.74) is 8.31. The van der Waals surface area contributed by atoms with Crippen molar-refractivity contribution in [2.75, 3.05) is 11.1 Å². The van der Waals surface area contributed by atoms with Crippen LogP contribution in [0.2, 0.25) is 5.02 Å². The smallest absolute Gasteiger partial charge is 0.232 e. The highest BCUT2D eigenvalue weighted by Gasteiger charge is 2.09. The van der Waals surface area contributed by atoms with Crippen molar-refractivity contribution in [3.05, 3.63) is 65.8 Å². The van der Waals surface area contributed by atoms with Crippen LogP contribution < -0.4 is 11.1 Å². The van der Waals surface area contributed by atoms with Crippen molar-refractivity contribution in [1.29, 1.82) is 0 Å². The lowest BCUT2D eigenvalue weighted by atomic mass is 10.2. The summed E-state index contributed by atoms with van der Waals surface area (Å²) in [6, 6.07) is 17.0. The molecule has 0 saturated heterocycles. The largest absolute Gasteiger partial charge is 0.368 e. The Morgan fingerprint density at radius 2 is 1.76 bits per heavy atom. The topological polar surface area (TPSA) is 89.6 Å². The fraction of sp³-hybridized carbons (Fsp3) is 0. The Hall–Kier alpha value is -3.25. The highest BCUT2D eigenvalue weighted by Crippen LogP contribution is 2.26. The third-order valence-electron chi connectivity index (χ3n) is 3.64. The van der Waals surface area contributed by atoms with Gasteiger partial charge in [0.25, 0.3) is 0 Å². The molecule has 122 valence electrons. The molecule has 0 spiro atoms. The number of nitrogens with one attached hydrogen (secondary N) is 1. The Bertz CT molecular complexity index is 1050. The standard InChI is InChI=1S/C18H13ClN6/c19-12-6-7-13-14(8-9-21-15(13)10-12)22-18-24-16(23-17(20)25-18)11-4-2-1-3-5-11/h1-10H,(H3,20,21,22,23,24,25). The molecule has 2 aromatic heterocycles. The highest BCUT2D eigenvalue weighted by molar-refractivity contribution is 6.31. The molecule has 2 aromatic carbocycles. The summed E-state index contributed by atoms with van der Waals surface area (Å²) in [7, 11) is 0. The number of nitrogens with two attached hydrogens (primary N) is 1. The summed E-state index contributed by atoms with van der Waals surface area (Å²) in [4.78, 5) is 17.2. The SMILES string of the molecule is Nc1nc(Nc2ccnc3cc(Cl)ccc23)nc(-c2ccccc2)n1. The van der Waals surface area contributed by atoms with Crippen LogP contribution >= 0.6 is 11.6 Å². The molecule has 0 amide bonds. The molecule has 3 N–H and O–H groups in total. The molecule has 0 aliphatic heterocycles. The van der Waals surface area contributed by atoms with Crippen molar-refractivity contribution in [2.45, 2.75) is 0 Å². The van der Waals surface area contributed by atoms with Crippen LogP contribution in [0.4, 0.5) is 17.6 Å². The van der Waals surface area contributed by atoms with E-state index in [0.29, 0.717) is 16.8 Å². The summed E-state index contributed by atoms with van der Waals surface area (Å²) >= 11 is 6.03. The molecule has 4 aromatic rings. The fourth-order valence-electron chi connectivity index (χ4n) is 2.52. The number of hydrogen-bond donors (Lipinski definition) is 2. The summed E-state index contributed by atoms with van der Waals surface area (Å²) < 4.78 is 0. The Labute approximate surface area is 148 Å². The molecule has 7 heteroatoms. The number of pyridine rings is 1. The van der Waals surface area contributed by atoms with Gasteiger partial charge >= 0.3 is 0 Å². The second-order valence-electron chi connectivity index (χ2n) is 5.35. The van der Waals surface area contributed by atoms with Crippen molar-refractivity contribution in [2.24, 2.45) is 0 Å². The summed E-state index contributed by atoms with van der Waals surface area (Å²) in [6.45, 7) is 0. The van der Waals surface area contributed by atoms with Crippen LogP contribution in [0.15, 0.2) is 60.8 Å². The molecule has 6 nitrogen and oxygen atoms in total. The van der Waals surface area contributed by atoms with E-state index < -0.39 is 0 Å². The second kappa shape index (κ2) is 6.33. The molecule has 2 heterocycles. The van der Waals surface area contributed by atoms with E-state index in [-0.39, 0.29) is 5.95 Å². The third kappa shape index (κ3) is 3.20. The van der Waals surface area contributed by atoms with Gasteiger partial charge in [-0.05, 0) is 24.3 Å². The maximum atomic E-state index is 6.03. The average molecular weight is 349 g/mol. The van der Waals surface area contributed by atoms with E-state index in [1.54, 1.807) is 12.3 Å². The van der Waals surface area contributed by atoms with Crippen LogP contribution in [0.3, 0.4) is 0 Å². The Kier molecular flexibility index (Phi) is 3.87. The van der Waals surface area contributed by atoms with Crippen LogP contribution in [0, 0.1) is 0 Å². The molecule has 0 bridgehead atoms. The number of fused-ring (bicyclic) bond motifs is 1. The molecule has 25 heavy (non-hydrogen) atoms. The summed E-state index contributed by atoms with van der Waals surface area (Å²) in [5, 5.41) is 4.73. The maximum Gasteiger partial charge on any atom is 0.232 e. The molecule has 0 radical (unpaired) electrons. The Morgan fingerprint density at radius 1 is 0.920 bits per heavy atom. The first kappa shape index (κ1) is 15.3. The number of benzene rings is 2. The van der Waals surface area contributed by atoms with E-state index in [4.69, 9.17) is 17.3 Å². The van der Waals surface area contributed by atoms with Gasteiger partial charge in [0.2, 0.25) is 11.9 Å². The lowest BCUT2D eigenvalue weighted by Crippen LogP contribution is -2.05. The third-order valence-corrected chi connectivity index (χ3v) is 3.87. The minimum Gasteiger partial charge on any atom is -0.368 e. The van der Waals surface area contributed by atoms with E-state index >= 15 is 0 Å². The van der Waals surface area contributed by atoms with Crippen molar-refractivity contribution in [3.63, 3.8) is 0 Å². The molecular formula is C18H13ClN6. The first-order valence-electron chi connectivity index (χ1n) is 7.57. The van der Waals surface area contributed by atoms with Crippen LogP contribution in [0.5, 0.6) is 0 Å². The zero-order valence-electron chi connectivity index (χ0n) is 13.0. The average Bonchev–Trinajstić information content (AvgIpc) is 2.62. The van der Waals surface area contributed by atoms with Crippen LogP contribution in [0.1, 0.15) is 0 Å². The van der Waals surface area contributed by atoms with Gasteiger partial charge in [-0.25, -0.2) is 0 Å². The predicted molar refractivity (Wildman–Crippen MR) is 99.7 cm³/mol. The van der Waals surface area contributed by atoms with Crippen molar-refractivity contribution < 1.29 is 0 Å². The van der Waals surface area contributed by atoms with Gasteiger partial charge in [0, 0.05) is 22.2 Å². The molecule has 0 unspecified atom stereocenters. The number of aromatic nitrogens is 4. The highest BCUT2D eigenvalue weighted by atomic mass is 35.5. The van der Waals surface area contributed by atoms with Gasteiger partial charge in [-0.2, -0.15) is 15.0 Å². The van der Waals surface area contributed by atoms with Crippen LogP contribution in [0.25, 0.3) is 22.3 Å². The molecule has 0 aliphatic rings. The van der Waals surface area contributed by atoms with Gasteiger partial charge < -0.3 is 11.1 Å². The molecule has 0 saturated carbocycles. The predicted octanol–water partition coefficient (Wildman–Crippen LogP) is 4.07. The van der Waals surface area contributed by atoms with Crippen molar-refractivity contribution in [1.82, 2.24) is 19.9 Å². The molecular weight excluding hydrogens is 336 g/mol. The number of nitrogen functional groups attached to an aromatic ring is 1. The van der Waals surface area contributed by atoms with Gasteiger partial charge in [0.15, 0.2) is 5.82 Å². The lowest BCUT2D eigenvalue weighted by Gasteiger charge is -2.10. The van der Waals surface area contributed by atoms with Gasteiger partial charge in [-0.1, -0.05) is 41.9 Å². The van der Waals surface area contributed by atoms with Crippen LogP contribution in [-0.2, 0) is 0 Å². The van der Waals surface area contributed by atoms with Crippen molar-refractivity contribution >= 4 is 40.1 Å². The number of nitrogens with zero attached hydrogens (tertiary/aromatic N) is 4. The number of rotatable bonds is 3. The second-order valence-corrected chi connectivity index (χ2v) is 5.79. The quantitative estimate of drug-likeness (QED) is 0.580. The first-order chi connectivity index (χ1) is 12.2. The van der Waals surface area contributed by atoms with E-state index in [0.717, 1.165) is 22.2 Å². The molecule has 4 rings (SSSR count). The molecule has 0 fully saturated rings. The normalized spacial score (nSPS) is 10.8. The molecule has 0 aliphatic carbocycles. The Morgan fingerprint density at radius 3 is 2.60 bits per heavy atom. The van der Waals surface area contributed by atoms with Gasteiger partial charge in [-0.15, -0.1) is 0 Å². The fourth-order valence-corrected chi connectivity index (χ4v) is 2.68.